The first-order chi connectivity index (χ1) is 13.2. The van der Waals surface area contributed by atoms with Crippen LogP contribution in [0.5, 0.6) is 0 Å². The van der Waals surface area contributed by atoms with E-state index in [1.54, 1.807) is 17.6 Å². The lowest BCUT2D eigenvalue weighted by Crippen LogP contribution is -2.06. The molecular weight excluding hydrogens is 382 g/mol. The molecule has 0 spiro atoms. The van der Waals surface area contributed by atoms with Crippen molar-refractivity contribution in [3.8, 4) is 11.3 Å². The molecule has 0 atom stereocenters. The van der Waals surface area contributed by atoms with Crippen molar-refractivity contribution < 1.29 is 9.63 Å². The van der Waals surface area contributed by atoms with Crippen LogP contribution in [0.25, 0.3) is 16.2 Å². The highest BCUT2D eigenvalue weighted by Gasteiger charge is 2.31. The standard InChI is InChI=1S/C20H18ClN3O2S/c21-14-9-7-12(8-10-14)18-16(11-22-26-19(25)13-5-6-13)24-15-3-1-2-4-17(15)27-20(24)23-18/h7-11,13H,1-6H2. The first-order valence-electron chi connectivity index (χ1n) is 9.24. The van der Waals surface area contributed by atoms with Gasteiger partial charge in [0.25, 0.3) is 0 Å². The van der Waals surface area contributed by atoms with Crippen LogP contribution in [-0.2, 0) is 22.5 Å². The van der Waals surface area contributed by atoms with Crippen molar-refractivity contribution in [1.29, 1.82) is 0 Å². The summed E-state index contributed by atoms with van der Waals surface area (Å²) >= 11 is 7.78. The van der Waals surface area contributed by atoms with Crippen LogP contribution in [0.2, 0.25) is 5.02 Å². The highest BCUT2D eigenvalue weighted by Crippen LogP contribution is 2.35. The summed E-state index contributed by atoms with van der Waals surface area (Å²) in [7, 11) is 0. The van der Waals surface area contributed by atoms with Crippen LogP contribution in [0.1, 0.15) is 41.9 Å². The molecule has 3 aromatic rings. The number of carbonyl (C=O) groups is 1. The van der Waals surface area contributed by atoms with Gasteiger partial charge in [-0.2, -0.15) is 0 Å². The van der Waals surface area contributed by atoms with Crippen molar-refractivity contribution in [2.45, 2.75) is 38.5 Å². The Labute approximate surface area is 165 Å². The second-order valence-corrected chi connectivity index (χ2v) is 8.57. The van der Waals surface area contributed by atoms with Gasteiger partial charge in [-0.25, -0.2) is 9.78 Å². The van der Waals surface area contributed by atoms with Crippen molar-refractivity contribution in [3.05, 3.63) is 45.6 Å². The topological polar surface area (TPSA) is 56.0 Å². The highest BCUT2D eigenvalue weighted by molar-refractivity contribution is 7.17. The van der Waals surface area contributed by atoms with Crippen molar-refractivity contribution in [2.24, 2.45) is 11.1 Å². The van der Waals surface area contributed by atoms with E-state index < -0.39 is 0 Å². The number of hydrogen-bond donors (Lipinski definition) is 0. The summed E-state index contributed by atoms with van der Waals surface area (Å²) in [6, 6.07) is 7.62. The van der Waals surface area contributed by atoms with Gasteiger partial charge in [0.2, 0.25) is 0 Å². The first-order valence-corrected chi connectivity index (χ1v) is 10.4. The molecule has 138 valence electrons. The molecular formula is C20H18ClN3O2S. The number of fused-ring (bicyclic) bond motifs is 3. The van der Waals surface area contributed by atoms with Crippen molar-refractivity contribution in [1.82, 2.24) is 9.38 Å². The van der Waals surface area contributed by atoms with Gasteiger partial charge in [-0.15, -0.1) is 11.3 Å². The van der Waals surface area contributed by atoms with E-state index in [0.29, 0.717) is 5.02 Å². The molecule has 2 aliphatic carbocycles. The summed E-state index contributed by atoms with van der Waals surface area (Å²) in [5, 5.41) is 4.69. The van der Waals surface area contributed by atoms with E-state index in [9.17, 15) is 4.79 Å². The number of thiazole rings is 1. The van der Waals surface area contributed by atoms with Gasteiger partial charge in [0.15, 0.2) is 4.96 Å². The van der Waals surface area contributed by atoms with Crippen LogP contribution in [0.15, 0.2) is 29.4 Å². The smallest absolute Gasteiger partial charge is 0.318 e. The molecule has 0 bridgehead atoms. The van der Waals surface area contributed by atoms with E-state index in [-0.39, 0.29) is 11.9 Å². The van der Waals surface area contributed by atoms with Crippen LogP contribution in [0, 0.1) is 5.92 Å². The largest absolute Gasteiger partial charge is 0.338 e. The second-order valence-electron chi connectivity index (χ2n) is 7.07. The maximum atomic E-state index is 11.8. The number of carbonyl (C=O) groups excluding carboxylic acids is 1. The Morgan fingerprint density at radius 3 is 2.81 bits per heavy atom. The number of aromatic nitrogens is 2. The third-order valence-electron chi connectivity index (χ3n) is 5.10. The van der Waals surface area contributed by atoms with Crippen LogP contribution in [0.4, 0.5) is 0 Å². The molecule has 0 radical (unpaired) electrons. The van der Waals surface area contributed by atoms with Gasteiger partial charge in [-0.1, -0.05) is 28.9 Å². The lowest BCUT2D eigenvalue weighted by atomic mass is 10.0. The van der Waals surface area contributed by atoms with Gasteiger partial charge in [0.05, 0.1) is 23.5 Å². The van der Waals surface area contributed by atoms with E-state index in [4.69, 9.17) is 21.4 Å². The minimum absolute atomic E-state index is 0.0252. The summed E-state index contributed by atoms with van der Waals surface area (Å²) in [6.45, 7) is 0. The first kappa shape index (κ1) is 17.0. The lowest BCUT2D eigenvalue weighted by Gasteiger charge is -2.11. The average Bonchev–Trinajstić information content (AvgIpc) is 3.38. The Hall–Kier alpha value is -2.18. The Bertz CT molecular complexity index is 1050. The molecule has 1 aromatic carbocycles. The maximum absolute atomic E-state index is 11.8. The Kier molecular flexibility index (Phi) is 4.25. The Morgan fingerprint density at radius 2 is 2.04 bits per heavy atom. The van der Waals surface area contributed by atoms with E-state index in [1.807, 2.05) is 24.3 Å². The van der Waals surface area contributed by atoms with E-state index in [2.05, 4.69) is 9.56 Å². The lowest BCUT2D eigenvalue weighted by molar-refractivity contribution is -0.145. The molecule has 7 heteroatoms. The van der Waals surface area contributed by atoms with Gasteiger partial charge < -0.3 is 4.84 Å². The quantitative estimate of drug-likeness (QED) is 0.357. The Balaban J connectivity index is 1.60. The van der Waals surface area contributed by atoms with Crippen LogP contribution in [0.3, 0.4) is 0 Å². The predicted octanol–water partition coefficient (Wildman–Crippen LogP) is 4.88. The molecule has 27 heavy (non-hydrogen) atoms. The predicted molar refractivity (Wildman–Crippen MR) is 107 cm³/mol. The van der Waals surface area contributed by atoms with Gasteiger partial charge in [0, 0.05) is 21.2 Å². The number of aryl methyl sites for hydroxylation is 2. The molecule has 2 aliphatic rings. The van der Waals surface area contributed by atoms with E-state index >= 15 is 0 Å². The Morgan fingerprint density at radius 1 is 1.26 bits per heavy atom. The number of halogens is 1. The molecule has 0 saturated heterocycles. The fourth-order valence-corrected chi connectivity index (χ4v) is 4.86. The summed E-state index contributed by atoms with van der Waals surface area (Å²) in [5.74, 6) is -0.218. The fourth-order valence-electron chi connectivity index (χ4n) is 3.52. The minimum atomic E-state index is -0.243. The van der Waals surface area contributed by atoms with Gasteiger partial charge in [-0.3, -0.25) is 4.40 Å². The third-order valence-corrected chi connectivity index (χ3v) is 6.50. The van der Waals surface area contributed by atoms with Crippen LogP contribution < -0.4 is 0 Å². The fraction of sp³-hybridized carbons (Fsp3) is 0.350. The second kappa shape index (κ2) is 6.77. The summed E-state index contributed by atoms with van der Waals surface area (Å²) < 4.78 is 2.18. The number of hydrogen-bond acceptors (Lipinski definition) is 5. The molecule has 5 nitrogen and oxygen atoms in total. The molecule has 1 saturated carbocycles. The minimum Gasteiger partial charge on any atom is -0.318 e. The number of rotatable bonds is 4. The number of benzene rings is 1. The zero-order valence-corrected chi connectivity index (χ0v) is 16.2. The normalized spacial score (nSPS) is 16.8. The maximum Gasteiger partial charge on any atom is 0.338 e. The van der Waals surface area contributed by atoms with Crippen molar-refractivity contribution in [3.63, 3.8) is 0 Å². The zero-order chi connectivity index (χ0) is 18.4. The van der Waals surface area contributed by atoms with Gasteiger partial charge in [-0.05, 0) is 50.7 Å². The molecule has 0 unspecified atom stereocenters. The molecule has 5 rings (SSSR count). The highest BCUT2D eigenvalue weighted by atomic mass is 35.5. The molecule has 2 aromatic heterocycles. The molecule has 0 N–H and O–H groups in total. The molecule has 2 heterocycles. The molecule has 0 aliphatic heterocycles. The van der Waals surface area contributed by atoms with Crippen LogP contribution in [-0.4, -0.2) is 21.6 Å². The average molecular weight is 400 g/mol. The number of oxime groups is 1. The van der Waals surface area contributed by atoms with Gasteiger partial charge in [0.1, 0.15) is 0 Å². The summed E-state index contributed by atoms with van der Waals surface area (Å²) in [4.78, 5) is 24.1. The molecule has 1 fully saturated rings. The SMILES string of the molecule is O=C(ON=Cc1c(-c2ccc(Cl)cc2)nc2sc3c(n12)CCCC3)C1CC1. The third kappa shape index (κ3) is 3.17. The summed E-state index contributed by atoms with van der Waals surface area (Å²) in [6.07, 6.45) is 7.98. The number of imidazole rings is 1. The number of nitrogens with zero attached hydrogens (tertiary/aromatic N) is 3. The van der Waals surface area contributed by atoms with Crippen LogP contribution >= 0.6 is 22.9 Å². The summed E-state index contributed by atoms with van der Waals surface area (Å²) in [5.41, 5.74) is 3.96. The van der Waals surface area contributed by atoms with Crippen molar-refractivity contribution >= 4 is 40.1 Å². The van der Waals surface area contributed by atoms with E-state index in [1.165, 1.54) is 23.4 Å². The molecule has 0 amide bonds. The van der Waals surface area contributed by atoms with E-state index in [0.717, 1.165) is 47.6 Å². The van der Waals surface area contributed by atoms with Gasteiger partial charge >= 0.3 is 5.97 Å². The zero-order valence-electron chi connectivity index (χ0n) is 14.7. The van der Waals surface area contributed by atoms with Crippen molar-refractivity contribution in [2.75, 3.05) is 0 Å². The monoisotopic (exact) mass is 399 g/mol.